The fourth-order valence-corrected chi connectivity index (χ4v) is 3.00. The van der Waals surface area contributed by atoms with Gasteiger partial charge in [0.25, 0.3) is 0 Å². The molecule has 0 aromatic heterocycles. The van der Waals surface area contributed by atoms with Crippen LogP contribution in [-0.4, -0.2) is 56.1 Å². The number of likely N-dealkylation sites (N-methyl/N-ethyl adjacent to an activating group) is 2. The molecule has 1 saturated heterocycles. The molecule has 0 bridgehead atoms. The van der Waals surface area contributed by atoms with Crippen molar-refractivity contribution in [2.45, 2.75) is 52.0 Å². The van der Waals surface area contributed by atoms with Gasteiger partial charge in [0.15, 0.2) is 0 Å². The van der Waals surface area contributed by atoms with Crippen LogP contribution in [0.1, 0.15) is 46.0 Å². The SMILES string of the molecule is CN1CCCC(N(C)CCCC(C)(C)CCN)C1. The second kappa shape index (κ2) is 7.46. The van der Waals surface area contributed by atoms with Crippen molar-refractivity contribution in [3.8, 4) is 0 Å². The van der Waals surface area contributed by atoms with Crippen molar-refractivity contribution in [1.29, 1.82) is 0 Å². The third-order valence-corrected chi connectivity index (χ3v) is 4.41. The van der Waals surface area contributed by atoms with Crippen molar-refractivity contribution in [3.05, 3.63) is 0 Å². The minimum absolute atomic E-state index is 0.416. The number of nitrogens with zero attached hydrogens (tertiary/aromatic N) is 2. The van der Waals surface area contributed by atoms with Gasteiger partial charge in [0.2, 0.25) is 0 Å². The number of nitrogens with two attached hydrogens (primary N) is 1. The number of hydrogen-bond acceptors (Lipinski definition) is 3. The van der Waals surface area contributed by atoms with Crippen LogP contribution in [0.2, 0.25) is 0 Å². The Hall–Kier alpha value is -0.120. The topological polar surface area (TPSA) is 32.5 Å². The van der Waals surface area contributed by atoms with Gasteiger partial charge >= 0.3 is 0 Å². The molecule has 2 N–H and O–H groups in total. The molecule has 0 amide bonds. The first-order valence-corrected chi connectivity index (χ1v) is 7.53. The Morgan fingerprint density at radius 1 is 1.33 bits per heavy atom. The maximum absolute atomic E-state index is 5.66. The summed E-state index contributed by atoms with van der Waals surface area (Å²) in [6.45, 7) is 9.24. The number of hydrogen-bond donors (Lipinski definition) is 1. The summed E-state index contributed by atoms with van der Waals surface area (Å²) in [4.78, 5) is 5.03. The van der Waals surface area contributed by atoms with E-state index in [9.17, 15) is 0 Å². The summed E-state index contributed by atoms with van der Waals surface area (Å²) in [6, 6.07) is 0.765. The predicted octanol–water partition coefficient (Wildman–Crippen LogP) is 2.17. The van der Waals surface area contributed by atoms with Crippen LogP contribution >= 0.6 is 0 Å². The Labute approximate surface area is 114 Å². The number of rotatable bonds is 7. The molecule has 0 aromatic rings. The van der Waals surface area contributed by atoms with E-state index in [0.29, 0.717) is 5.41 Å². The van der Waals surface area contributed by atoms with Crippen molar-refractivity contribution in [2.24, 2.45) is 11.1 Å². The third kappa shape index (κ3) is 5.68. The largest absolute Gasteiger partial charge is 0.330 e. The van der Waals surface area contributed by atoms with Gasteiger partial charge in [-0.15, -0.1) is 0 Å². The number of piperidine rings is 1. The van der Waals surface area contributed by atoms with Crippen molar-refractivity contribution in [2.75, 3.05) is 40.3 Å². The lowest BCUT2D eigenvalue weighted by atomic mass is 9.84. The third-order valence-electron chi connectivity index (χ3n) is 4.41. The number of likely N-dealkylation sites (tertiary alicyclic amines) is 1. The van der Waals surface area contributed by atoms with E-state index in [1.165, 1.54) is 45.3 Å². The minimum atomic E-state index is 0.416. The molecule has 1 fully saturated rings. The zero-order valence-corrected chi connectivity index (χ0v) is 12.9. The molecule has 1 aliphatic rings. The van der Waals surface area contributed by atoms with E-state index < -0.39 is 0 Å². The van der Waals surface area contributed by atoms with E-state index in [2.05, 4.69) is 37.7 Å². The molecule has 0 saturated carbocycles. The quantitative estimate of drug-likeness (QED) is 0.757. The first-order chi connectivity index (χ1) is 8.44. The van der Waals surface area contributed by atoms with Gasteiger partial charge < -0.3 is 15.5 Å². The van der Waals surface area contributed by atoms with Gasteiger partial charge in [0, 0.05) is 12.6 Å². The molecule has 3 nitrogen and oxygen atoms in total. The Kier molecular flexibility index (Phi) is 6.61. The highest BCUT2D eigenvalue weighted by atomic mass is 15.2. The molecule has 1 rings (SSSR count). The fourth-order valence-electron chi connectivity index (χ4n) is 3.00. The van der Waals surface area contributed by atoms with Gasteiger partial charge in [-0.3, -0.25) is 0 Å². The summed E-state index contributed by atoms with van der Waals surface area (Å²) in [7, 11) is 4.53. The lowest BCUT2D eigenvalue weighted by molar-refractivity contribution is 0.128. The maximum Gasteiger partial charge on any atom is 0.0220 e. The highest BCUT2D eigenvalue weighted by Crippen LogP contribution is 2.26. The lowest BCUT2D eigenvalue weighted by Gasteiger charge is -2.36. The molecular weight excluding hydrogens is 222 g/mol. The Bertz CT molecular complexity index is 228. The van der Waals surface area contributed by atoms with Crippen LogP contribution in [0, 0.1) is 5.41 Å². The zero-order chi connectivity index (χ0) is 13.6. The van der Waals surface area contributed by atoms with Gasteiger partial charge in [-0.05, 0) is 71.2 Å². The minimum Gasteiger partial charge on any atom is -0.330 e. The first kappa shape index (κ1) is 15.9. The summed E-state index contributed by atoms with van der Waals surface area (Å²) in [5.74, 6) is 0. The van der Waals surface area contributed by atoms with Gasteiger partial charge in [0.05, 0.1) is 0 Å². The highest BCUT2D eigenvalue weighted by Gasteiger charge is 2.22. The van der Waals surface area contributed by atoms with E-state index in [1.807, 2.05) is 0 Å². The van der Waals surface area contributed by atoms with E-state index in [4.69, 9.17) is 5.73 Å². The molecular formula is C15H33N3. The maximum atomic E-state index is 5.66. The molecule has 0 aliphatic carbocycles. The normalized spacial score (nSPS) is 22.7. The fraction of sp³-hybridized carbons (Fsp3) is 1.00. The summed E-state index contributed by atoms with van der Waals surface area (Å²) >= 11 is 0. The Morgan fingerprint density at radius 2 is 2.06 bits per heavy atom. The van der Waals surface area contributed by atoms with Crippen molar-refractivity contribution in [1.82, 2.24) is 9.80 Å². The van der Waals surface area contributed by atoms with Crippen LogP contribution in [0.15, 0.2) is 0 Å². The molecule has 3 heteroatoms. The van der Waals surface area contributed by atoms with Gasteiger partial charge in [0.1, 0.15) is 0 Å². The average molecular weight is 255 g/mol. The molecule has 1 atom stereocenters. The van der Waals surface area contributed by atoms with Crippen LogP contribution in [-0.2, 0) is 0 Å². The first-order valence-electron chi connectivity index (χ1n) is 7.53. The molecule has 1 aliphatic heterocycles. The predicted molar refractivity (Wildman–Crippen MR) is 79.8 cm³/mol. The summed E-state index contributed by atoms with van der Waals surface area (Å²) in [6.07, 6.45) is 6.45. The highest BCUT2D eigenvalue weighted by molar-refractivity contribution is 4.78. The van der Waals surface area contributed by atoms with Crippen molar-refractivity contribution in [3.63, 3.8) is 0 Å². The van der Waals surface area contributed by atoms with E-state index >= 15 is 0 Å². The Morgan fingerprint density at radius 3 is 2.67 bits per heavy atom. The van der Waals surface area contributed by atoms with Crippen molar-refractivity contribution < 1.29 is 0 Å². The molecule has 18 heavy (non-hydrogen) atoms. The van der Waals surface area contributed by atoms with Gasteiger partial charge in [-0.25, -0.2) is 0 Å². The zero-order valence-electron chi connectivity index (χ0n) is 12.9. The van der Waals surface area contributed by atoms with Crippen LogP contribution in [0.5, 0.6) is 0 Å². The molecule has 0 aromatic carbocycles. The molecule has 1 unspecified atom stereocenters. The van der Waals surface area contributed by atoms with Crippen LogP contribution in [0.25, 0.3) is 0 Å². The standard InChI is InChI=1S/C15H33N3/c1-15(2,9-10-16)8-6-12-18(4)14-7-5-11-17(3)13-14/h14H,5-13,16H2,1-4H3. The Balaban J connectivity index is 2.22. The molecule has 0 spiro atoms. The molecule has 0 radical (unpaired) electrons. The van der Waals surface area contributed by atoms with Crippen LogP contribution in [0.3, 0.4) is 0 Å². The molecule has 108 valence electrons. The van der Waals surface area contributed by atoms with E-state index in [1.54, 1.807) is 0 Å². The smallest absolute Gasteiger partial charge is 0.0220 e. The van der Waals surface area contributed by atoms with Gasteiger partial charge in [-0.2, -0.15) is 0 Å². The summed E-state index contributed by atoms with van der Waals surface area (Å²) in [5, 5.41) is 0. The lowest BCUT2D eigenvalue weighted by Crippen LogP contribution is -2.45. The van der Waals surface area contributed by atoms with Crippen LogP contribution in [0.4, 0.5) is 0 Å². The van der Waals surface area contributed by atoms with Crippen LogP contribution < -0.4 is 5.73 Å². The van der Waals surface area contributed by atoms with Gasteiger partial charge in [-0.1, -0.05) is 13.8 Å². The second-order valence-corrected chi connectivity index (χ2v) is 6.85. The summed E-state index contributed by atoms with van der Waals surface area (Å²) < 4.78 is 0. The van der Waals surface area contributed by atoms with E-state index in [-0.39, 0.29) is 0 Å². The second-order valence-electron chi connectivity index (χ2n) is 6.85. The monoisotopic (exact) mass is 255 g/mol. The van der Waals surface area contributed by atoms with Crippen molar-refractivity contribution >= 4 is 0 Å². The molecule has 1 heterocycles. The summed E-state index contributed by atoms with van der Waals surface area (Å²) in [5.41, 5.74) is 6.08. The average Bonchev–Trinajstić information content (AvgIpc) is 2.28. The van der Waals surface area contributed by atoms with E-state index in [0.717, 1.165) is 19.0 Å².